The number of aliphatic hydroxyl groups excluding tert-OH is 1. The zero-order valence-corrected chi connectivity index (χ0v) is 18.8. The van der Waals surface area contributed by atoms with Crippen LogP contribution in [0.1, 0.15) is 41.6 Å². The first-order valence-corrected chi connectivity index (χ1v) is 11.6. The lowest BCUT2D eigenvalue weighted by atomic mass is 9.87. The summed E-state index contributed by atoms with van der Waals surface area (Å²) in [6, 6.07) is 24.3. The zero-order chi connectivity index (χ0) is 22.8. The van der Waals surface area contributed by atoms with Crippen LogP contribution in [0.3, 0.4) is 0 Å². The molecule has 1 N–H and O–H groups in total. The van der Waals surface area contributed by atoms with Gasteiger partial charge in [-0.2, -0.15) is 0 Å². The van der Waals surface area contributed by atoms with E-state index in [1.165, 1.54) is 22.3 Å². The van der Waals surface area contributed by atoms with Crippen LogP contribution in [-0.2, 0) is 4.74 Å². The fraction of sp³-hybridized carbons (Fsp3) is 0.321. The van der Waals surface area contributed by atoms with Crippen LogP contribution in [0.25, 0.3) is 11.1 Å². The molecule has 1 unspecified atom stereocenters. The summed E-state index contributed by atoms with van der Waals surface area (Å²) in [5.74, 6) is 0.908. The Morgan fingerprint density at radius 3 is 2.24 bits per heavy atom. The SMILES string of the molecule is COc1cccc(C(O)C2CCN(C(=O)OCC3c4ccccc4-c4ccccc43)CC2)c1. The molecule has 1 fully saturated rings. The lowest BCUT2D eigenvalue weighted by Gasteiger charge is -2.34. The number of aliphatic hydroxyl groups is 1. The van der Waals surface area contributed by atoms with E-state index < -0.39 is 6.10 Å². The number of hydrogen-bond donors (Lipinski definition) is 1. The van der Waals surface area contributed by atoms with Gasteiger partial charge in [-0.05, 0) is 58.7 Å². The van der Waals surface area contributed by atoms with Crippen LogP contribution < -0.4 is 4.74 Å². The molecule has 5 nitrogen and oxygen atoms in total. The van der Waals surface area contributed by atoms with E-state index in [-0.39, 0.29) is 17.9 Å². The maximum atomic E-state index is 12.8. The van der Waals surface area contributed by atoms with Crippen molar-refractivity contribution in [2.24, 2.45) is 5.92 Å². The molecular formula is C28H29NO4. The fourth-order valence-corrected chi connectivity index (χ4v) is 5.18. The summed E-state index contributed by atoms with van der Waals surface area (Å²) in [7, 11) is 1.62. The van der Waals surface area contributed by atoms with E-state index in [1.54, 1.807) is 12.0 Å². The van der Waals surface area contributed by atoms with Crippen LogP contribution >= 0.6 is 0 Å². The number of fused-ring (bicyclic) bond motifs is 3. The molecule has 1 heterocycles. The maximum absolute atomic E-state index is 12.8. The van der Waals surface area contributed by atoms with E-state index in [1.807, 2.05) is 48.5 Å². The van der Waals surface area contributed by atoms with Crippen LogP contribution in [0.2, 0.25) is 0 Å². The van der Waals surface area contributed by atoms with Gasteiger partial charge in [0.15, 0.2) is 0 Å². The first-order valence-electron chi connectivity index (χ1n) is 11.6. The molecule has 1 aliphatic heterocycles. The molecule has 5 heteroatoms. The van der Waals surface area contributed by atoms with E-state index in [9.17, 15) is 9.90 Å². The van der Waals surface area contributed by atoms with Crippen LogP contribution in [-0.4, -0.2) is 42.9 Å². The van der Waals surface area contributed by atoms with Crippen LogP contribution in [0.15, 0.2) is 72.8 Å². The van der Waals surface area contributed by atoms with E-state index in [2.05, 4.69) is 24.3 Å². The lowest BCUT2D eigenvalue weighted by molar-refractivity contribution is 0.0463. The molecule has 1 aliphatic carbocycles. The minimum atomic E-state index is -0.565. The molecule has 3 aromatic carbocycles. The molecule has 1 amide bonds. The third kappa shape index (κ3) is 4.21. The van der Waals surface area contributed by atoms with E-state index in [0.29, 0.717) is 19.7 Å². The van der Waals surface area contributed by atoms with Gasteiger partial charge in [0.2, 0.25) is 0 Å². The standard InChI is InChI=1S/C28H29NO4/c1-32-21-8-6-7-20(17-21)27(30)19-13-15-29(16-14-19)28(31)33-18-26-24-11-4-2-9-22(24)23-10-3-5-12-25(23)26/h2-12,17,19,26-27,30H,13-16,18H2,1H3. The largest absolute Gasteiger partial charge is 0.497 e. The van der Waals surface area contributed by atoms with Gasteiger partial charge in [0.1, 0.15) is 12.4 Å². The summed E-state index contributed by atoms with van der Waals surface area (Å²) in [5, 5.41) is 10.8. The summed E-state index contributed by atoms with van der Waals surface area (Å²) in [5.41, 5.74) is 5.73. The molecule has 5 rings (SSSR count). The van der Waals surface area contributed by atoms with Crippen molar-refractivity contribution >= 4 is 6.09 Å². The molecule has 1 atom stereocenters. The smallest absolute Gasteiger partial charge is 0.409 e. The number of ether oxygens (including phenoxy) is 2. The molecule has 2 aliphatic rings. The van der Waals surface area contributed by atoms with E-state index in [0.717, 1.165) is 24.2 Å². The van der Waals surface area contributed by atoms with Gasteiger partial charge in [0.25, 0.3) is 0 Å². The number of carbonyl (C=O) groups excluding carboxylic acids is 1. The van der Waals surface area contributed by atoms with Crippen molar-refractivity contribution < 1.29 is 19.4 Å². The second-order valence-corrected chi connectivity index (χ2v) is 8.85. The third-order valence-electron chi connectivity index (χ3n) is 7.02. The van der Waals surface area contributed by atoms with Crippen LogP contribution in [0, 0.1) is 5.92 Å². The van der Waals surface area contributed by atoms with Gasteiger partial charge in [-0.1, -0.05) is 60.7 Å². The summed E-state index contributed by atoms with van der Waals surface area (Å²) in [6.07, 6.45) is 0.640. The molecule has 1 saturated heterocycles. The summed E-state index contributed by atoms with van der Waals surface area (Å²) >= 11 is 0. The average Bonchev–Trinajstić information content (AvgIpc) is 3.20. The summed E-state index contributed by atoms with van der Waals surface area (Å²) < 4.78 is 11.1. The Hall–Kier alpha value is -3.31. The monoisotopic (exact) mass is 443 g/mol. The van der Waals surface area contributed by atoms with Crippen molar-refractivity contribution in [3.05, 3.63) is 89.5 Å². The Kier molecular flexibility index (Phi) is 6.05. The first kappa shape index (κ1) is 21.5. The highest BCUT2D eigenvalue weighted by Gasteiger charge is 2.32. The van der Waals surface area contributed by atoms with Gasteiger partial charge < -0.3 is 19.5 Å². The van der Waals surface area contributed by atoms with E-state index >= 15 is 0 Å². The molecule has 3 aromatic rings. The van der Waals surface area contributed by atoms with Gasteiger partial charge in [-0.15, -0.1) is 0 Å². The van der Waals surface area contributed by atoms with Crippen molar-refractivity contribution in [1.82, 2.24) is 4.90 Å². The number of carbonyl (C=O) groups is 1. The van der Waals surface area contributed by atoms with E-state index in [4.69, 9.17) is 9.47 Å². The second kappa shape index (κ2) is 9.28. The Labute approximate surface area is 194 Å². The van der Waals surface area contributed by atoms with Crippen molar-refractivity contribution in [3.8, 4) is 16.9 Å². The second-order valence-electron chi connectivity index (χ2n) is 8.85. The Bertz CT molecular complexity index is 1090. The first-order chi connectivity index (χ1) is 16.2. The van der Waals surface area contributed by atoms with Gasteiger partial charge in [-0.3, -0.25) is 0 Å². The Morgan fingerprint density at radius 2 is 1.61 bits per heavy atom. The minimum Gasteiger partial charge on any atom is -0.497 e. The average molecular weight is 444 g/mol. The van der Waals surface area contributed by atoms with Gasteiger partial charge in [0, 0.05) is 19.0 Å². The Balaban J connectivity index is 1.19. The number of nitrogens with zero attached hydrogens (tertiary/aromatic N) is 1. The molecule has 0 aromatic heterocycles. The third-order valence-corrected chi connectivity index (χ3v) is 7.02. The number of amides is 1. The topological polar surface area (TPSA) is 59.0 Å². The lowest BCUT2D eigenvalue weighted by Crippen LogP contribution is -2.40. The van der Waals surface area contributed by atoms with Crippen molar-refractivity contribution in [1.29, 1.82) is 0 Å². The van der Waals surface area contributed by atoms with Crippen molar-refractivity contribution in [3.63, 3.8) is 0 Å². The molecule has 170 valence electrons. The highest BCUT2D eigenvalue weighted by Crippen LogP contribution is 2.44. The molecule has 0 radical (unpaired) electrons. The summed E-state index contributed by atoms with van der Waals surface area (Å²) in [4.78, 5) is 14.6. The minimum absolute atomic E-state index is 0.0637. The van der Waals surface area contributed by atoms with Crippen LogP contribution in [0.4, 0.5) is 4.79 Å². The van der Waals surface area contributed by atoms with Crippen LogP contribution in [0.5, 0.6) is 5.75 Å². The molecule has 0 bridgehead atoms. The highest BCUT2D eigenvalue weighted by molar-refractivity contribution is 5.79. The summed E-state index contributed by atoms with van der Waals surface area (Å²) in [6.45, 7) is 1.50. The molecule has 33 heavy (non-hydrogen) atoms. The molecular weight excluding hydrogens is 414 g/mol. The fourth-order valence-electron chi connectivity index (χ4n) is 5.18. The maximum Gasteiger partial charge on any atom is 0.409 e. The highest BCUT2D eigenvalue weighted by atomic mass is 16.6. The number of piperidine rings is 1. The normalized spacial score (nSPS) is 16.7. The number of methoxy groups -OCH3 is 1. The van der Waals surface area contributed by atoms with Gasteiger partial charge in [-0.25, -0.2) is 4.79 Å². The number of benzene rings is 3. The molecule has 0 spiro atoms. The van der Waals surface area contributed by atoms with Crippen molar-refractivity contribution in [2.45, 2.75) is 24.9 Å². The number of rotatable bonds is 5. The number of likely N-dealkylation sites (tertiary alicyclic amines) is 1. The predicted octanol–water partition coefficient (Wildman–Crippen LogP) is 5.39. The van der Waals surface area contributed by atoms with Gasteiger partial charge in [0.05, 0.1) is 13.2 Å². The van der Waals surface area contributed by atoms with Crippen molar-refractivity contribution in [2.75, 3.05) is 26.8 Å². The predicted molar refractivity (Wildman–Crippen MR) is 127 cm³/mol. The number of hydrogen-bond acceptors (Lipinski definition) is 4. The Morgan fingerprint density at radius 1 is 0.970 bits per heavy atom. The zero-order valence-electron chi connectivity index (χ0n) is 18.8. The van der Waals surface area contributed by atoms with Gasteiger partial charge >= 0.3 is 6.09 Å². The molecule has 0 saturated carbocycles. The quantitative estimate of drug-likeness (QED) is 0.574.